The van der Waals surface area contributed by atoms with Gasteiger partial charge in [0.05, 0.1) is 16.0 Å². The van der Waals surface area contributed by atoms with E-state index in [9.17, 15) is 18.5 Å². The van der Waals surface area contributed by atoms with E-state index in [0.29, 0.717) is 11.3 Å². The number of ether oxygens (including phenoxy) is 1. The lowest BCUT2D eigenvalue weighted by Crippen LogP contribution is -2.25. The molecule has 10 heteroatoms. The first kappa shape index (κ1) is 18.2. The van der Waals surface area contributed by atoms with E-state index in [1.165, 1.54) is 12.1 Å². The maximum absolute atomic E-state index is 12.4. The third kappa shape index (κ3) is 4.34. The van der Waals surface area contributed by atoms with Gasteiger partial charge in [-0.05, 0) is 31.2 Å². The third-order valence-electron chi connectivity index (χ3n) is 3.99. The quantitative estimate of drug-likeness (QED) is 0.548. The van der Waals surface area contributed by atoms with Gasteiger partial charge in [-0.3, -0.25) is 15.1 Å². The van der Waals surface area contributed by atoms with Crippen molar-refractivity contribution in [3.8, 4) is 5.75 Å². The molecule has 1 aromatic carbocycles. The summed E-state index contributed by atoms with van der Waals surface area (Å²) in [6.07, 6.45) is 4.04. The second-order valence-corrected chi connectivity index (χ2v) is 7.56. The zero-order valence-electron chi connectivity index (χ0n) is 13.8. The lowest BCUT2D eigenvalue weighted by atomic mass is 10.2. The molecule has 2 heterocycles. The minimum absolute atomic E-state index is 0.0251. The highest BCUT2D eigenvalue weighted by Crippen LogP contribution is 2.21. The zero-order chi connectivity index (χ0) is 18.6. The minimum Gasteiger partial charge on any atom is -0.487 e. The zero-order valence-corrected chi connectivity index (χ0v) is 14.6. The molecule has 0 saturated carbocycles. The maximum atomic E-state index is 12.4. The van der Waals surface area contributed by atoms with Crippen LogP contribution in [0.25, 0.3) is 0 Å². The van der Waals surface area contributed by atoms with Crippen LogP contribution in [0.3, 0.4) is 0 Å². The normalized spacial score (nSPS) is 17.2. The second kappa shape index (κ2) is 7.77. The summed E-state index contributed by atoms with van der Waals surface area (Å²) in [7, 11) is -3.81. The number of hydrogen-bond donors (Lipinski definition) is 2. The highest BCUT2D eigenvalue weighted by Gasteiger charge is 2.19. The Labute approximate surface area is 150 Å². The molecule has 0 unspecified atom stereocenters. The summed E-state index contributed by atoms with van der Waals surface area (Å²) < 4.78 is 33.2. The molecule has 1 aliphatic heterocycles. The van der Waals surface area contributed by atoms with Crippen molar-refractivity contribution >= 4 is 15.7 Å². The summed E-state index contributed by atoms with van der Waals surface area (Å²) in [6.45, 7) is 1.65. The standard InChI is InChI=1S/C16H18N4O5S/c21-20(22)13-1-3-15(4-2-13)26(23,24)19-9-12-5-7-18-11-16(12)25-14-6-8-17-10-14/h1-5,7,11,14,17,19H,6,8-10H2/t14-/m0/s1. The number of nitro groups is 1. The topological polar surface area (TPSA) is 123 Å². The number of nitro benzene ring substituents is 1. The molecule has 1 aromatic heterocycles. The van der Waals surface area contributed by atoms with E-state index >= 15 is 0 Å². The summed E-state index contributed by atoms with van der Waals surface area (Å²) in [5.74, 6) is 0.535. The maximum Gasteiger partial charge on any atom is 0.269 e. The average Bonchev–Trinajstić information content (AvgIpc) is 3.14. The fraction of sp³-hybridized carbons (Fsp3) is 0.312. The molecule has 0 amide bonds. The molecule has 0 bridgehead atoms. The Morgan fingerprint density at radius 3 is 2.73 bits per heavy atom. The molecule has 0 aliphatic carbocycles. The Kier molecular flexibility index (Phi) is 5.45. The number of sulfonamides is 1. The smallest absolute Gasteiger partial charge is 0.269 e. The van der Waals surface area contributed by atoms with Gasteiger partial charge in [0.25, 0.3) is 5.69 Å². The van der Waals surface area contributed by atoms with Crippen LogP contribution in [0.4, 0.5) is 5.69 Å². The van der Waals surface area contributed by atoms with Crippen LogP contribution >= 0.6 is 0 Å². The summed E-state index contributed by atoms with van der Waals surface area (Å²) >= 11 is 0. The van der Waals surface area contributed by atoms with Crippen LogP contribution in [0.15, 0.2) is 47.6 Å². The van der Waals surface area contributed by atoms with E-state index in [1.807, 2.05) is 0 Å². The molecule has 2 aromatic rings. The van der Waals surface area contributed by atoms with Gasteiger partial charge in [-0.1, -0.05) is 0 Å². The molecule has 1 atom stereocenters. The third-order valence-corrected chi connectivity index (χ3v) is 5.41. The van der Waals surface area contributed by atoms with Gasteiger partial charge >= 0.3 is 0 Å². The Balaban J connectivity index is 1.70. The predicted octanol–water partition coefficient (Wildman–Crippen LogP) is 1.21. The number of benzene rings is 1. The number of pyridine rings is 1. The number of aromatic nitrogens is 1. The Morgan fingerprint density at radius 2 is 2.08 bits per heavy atom. The highest BCUT2D eigenvalue weighted by atomic mass is 32.2. The van der Waals surface area contributed by atoms with Crippen LogP contribution in [-0.2, 0) is 16.6 Å². The van der Waals surface area contributed by atoms with Crippen LogP contribution in [-0.4, -0.2) is 37.5 Å². The SMILES string of the molecule is O=[N+]([O-])c1ccc(S(=O)(=O)NCc2ccncc2O[C@H]2CCNC2)cc1. The van der Waals surface area contributed by atoms with Crippen molar-refractivity contribution < 1.29 is 18.1 Å². The number of hydrogen-bond acceptors (Lipinski definition) is 7. The van der Waals surface area contributed by atoms with Gasteiger partial charge in [-0.2, -0.15) is 0 Å². The number of nitrogens with zero attached hydrogens (tertiary/aromatic N) is 2. The van der Waals surface area contributed by atoms with Gasteiger partial charge in [0.1, 0.15) is 11.9 Å². The molecule has 1 saturated heterocycles. The van der Waals surface area contributed by atoms with Crippen LogP contribution in [0.5, 0.6) is 5.75 Å². The molecule has 0 radical (unpaired) electrons. The molecule has 3 rings (SSSR count). The highest BCUT2D eigenvalue weighted by molar-refractivity contribution is 7.89. The first-order valence-corrected chi connectivity index (χ1v) is 9.48. The van der Waals surface area contributed by atoms with Gasteiger partial charge in [0.15, 0.2) is 0 Å². The molecule has 0 spiro atoms. The van der Waals surface area contributed by atoms with Gasteiger partial charge in [0.2, 0.25) is 10.0 Å². The second-order valence-electron chi connectivity index (χ2n) is 5.79. The van der Waals surface area contributed by atoms with Crippen LogP contribution < -0.4 is 14.8 Å². The fourth-order valence-corrected chi connectivity index (χ4v) is 3.58. The van der Waals surface area contributed by atoms with E-state index in [0.717, 1.165) is 31.6 Å². The Bertz CT molecular complexity index is 880. The van der Waals surface area contributed by atoms with Crippen molar-refractivity contribution in [3.05, 3.63) is 58.4 Å². The van der Waals surface area contributed by atoms with Gasteiger partial charge in [-0.15, -0.1) is 0 Å². The van der Waals surface area contributed by atoms with E-state index in [4.69, 9.17) is 4.74 Å². The fourth-order valence-electron chi connectivity index (χ4n) is 2.57. The summed E-state index contributed by atoms with van der Waals surface area (Å²) in [5.41, 5.74) is 0.497. The summed E-state index contributed by atoms with van der Waals surface area (Å²) in [4.78, 5) is 14.1. The van der Waals surface area contributed by atoms with Gasteiger partial charge < -0.3 is 10.1 Å². The van der Waals surface area contributed by atoms with Crippen molar-refractivity contribution in [2.45, 2.75) is 24.0 Å². The Hall–Kier alpha value is -2.56. The molecule has 138 valence electrons. The minimum atomic E-state index is -3.81. The number of nitrogens with one attached hydrogen (secondary N) is 2. The van der Waals surface area contributed by atoms with E-state index in [2.05, 4.69) is 15.0 Å². The molecule has 1 fully saturated rings. The van der Waals surface area contributed by atoms with Crippen molar-refractivity contribution in [2.24, 2.45) is 0 Å². The first-order valence-electron chi connectivity index (χ1n) is 8.00. The van der Waals surface area contributed by atoms with Crippen molar-refractivity contribution in [2.75, 3.05) is 13.1 Å². The molecular formula is C16H18N4O5S. The number of rotatable bonds is 7. The van der Waals surface area contributed by atoms with Crippen molar-refractivity contribution in [3.63, 3.8) is 0 Å². The van der Waals surface area contributed by atoms with Crippen LogP contribution in [0, 0.1) is 10.1 Å². The van der Waals surface area contributed by atoms with Crippen LogP contribution in [0.1, 0.15) is 12.0 Å². The Morgan fingerprint density at radius 1 is 1.31 bits per heavy atom. The van der Waals surface area contributed by atoms with Crippen molar-refractivity contribution in [1.82, 2.24) is 15.0 Å². The lowest BCUT2D eigenvalue weighted by molar-refractivity contribution is -0.384. The monoisotopic (exact) mass is 378 g/mol. The van der Waals surface area contributed by atoms with E-state index in [-0.39, 0.29) is 23.2 Å². The summed E-state index contributed by atoms with van der Waals surface area (Å²) in [6, 6.07) is 6.41. The largest absolute Gasteiger partial charge is 0.487 e. The van der Waals surface area contributed by atoms with E-state index < -0.39 is 14.9 Å². The first-order chi connectivity index (χ1) is 12.5. The lowest BCUT2D eigenvalue weighted by Gasteiger charge is -2.16. The molecular weight excluding hydrogens is 360 g/mol. The number of non-ortho nitro benzene ring substituents is 1. The molecule has 1 aliphatic rings. The molecule has 9 nitrogen and oxygen atoms in total. The average molecular weight is 378 g/mol. The molecule has 2 N–H and O–H groups in total. The predicted molar refractivity (Wildman–Crippen MR) is 93.3 cm³/mol. The van der Waals surface area contributed by atoms with E-state index in [1.54, 1.807) is 18.5 Å². The van der Waals surface area contributed by atoms with Gasteiger partial charge in [-0.25, -0.2) is 13.1 Å². The molecule has 26 heavy (non-hydrogen) atoms. The van der Waals surface area contributed by atoms with Gasteiger partial charge in [0, 0.05) is 37.0 Å². The summed E-state index contributed by atoms with van der Waals surface area (Å²) in [5, 5.41) is 13.9. The van der Waals surface area contributed by atoms with Crippen LogP contribution in [0.2, 0.25) is 0 Å². The van der Waals surface area contributed by atoms with Crippen molar-refractivity contribution in [1.29, 1.82) is 0 Å².